The average molecular weight is 213 g/mol. The lowest BCUT2D eigenvalue weighted by atomic mass is 10.2. The Kier molecular flexibility index (Phi) is 3.52. The van der Waals surface area contributed by atoms with Gasteiger partial charge in [-0.2, -0.15) is 12.6 Å². The van der Waals surface area contributed by atoms with Gasteiger partial charge < -0.3 is 4.90 Å². The molecule has 0 saturated carbocycles. The van der Waals surface area contributed by atoms with Crippen LogP contribution >= 0.6 is 12.6 Å². The van der Waals surface area contributed by atoms with E-state index in [4.69, 9.17) is 0 Å². The van der Waals surface area contributed by atoms with Crippen molar-refractivity contribution in [1.29, 1.82) is 0 Å². The third kappa shape index (κ3) is 2.48. The van der Waals surface area contributed by atoms with Crippen LogP contribution in [0.15, 0.2) is 24.3 Å². The maximum atomic E-state index is 12.6. The molecule has 0 heterocycles. The molecule has 0 bridgehead atoms. The number of nitrogens with zero attached hydrogens (tertiary/aromatic N) is 1. The van der Waals surface area contributed by atoms with Gasteiger partial charge in [0.2, 0.25) is 5.91 Å². The molecule has 0 aromatic heterocycles. The maximum absolute atomic E-state index is 12.6. The fraction of sp³-hybridized carbons (Fsp3) is 0.300. The molecule has 0 aliphatic heterocycles. The molecule has 0 aliphatic carbocycles. The minimum absolute atomic E-state index is 0.111. The van der Waals surface area contributed by atoms with E-state index in [1.807, 2.05) is 0 Å². The van der Waals surface area contributed by atoms with Gasteiger partial charge >= 0.3 is 0 Å². The van der Waals surface area contributed by atoms with Crippen molar-refractivity contribution in [3.8, 4) is 0 Å². The lowest BCUT2D eigenvalue weighted by Crippen LogP contribution is -2.31. The second-order valence-corrected chi connectivity index (χ2v) is 3.82. The van der Waals surface area contributed by atoms with Crippen LogP contribution in [0.5, 0.6) is 0 Å². The van der Waals surface area contributed by atoms with E-state index in [9.17, 15) is 9.18 Å². The molecule has 1 aromatic rings. The number of hydrogen-bond donors (Lipinski definition) is 1. The van der Waals surface area contributed by atoms with Gasteiger partial charge in [0.15, 0.2) is 0 Å². The Hall–Kier alpha value is -1.03. The van der Waals surface area contributed by atoms with Gasteiger partial charge in [0.25, 0.3) is 0 Å². The number of halogens is 1. The second-order valence-electron chi connectivity index (χ2n) is 3.05. The summed E-state index contributed by atoms with van der Waals surface area (Å²) in [6, 6.07) is 5.76. The van der Waals surface area contributed by atoms with Crippen LogP contribution in [0, 0.1) is 5.82 Å². The summed E-state index contributed by atoms with van der Waals surface area (Å²) >= 11 is 4.04. The van der Waals surface area contributed by atoms with Crippen molar-refractivity contribution in [2.24, 2.45) is 0 Å². The number of carbonyl (C=O) groups is 1. The summed E-state index contributed by atoms with van der Waals surface area (Å²) < 4.78 is 12.6. The predicted octanol–water partition coefficient (Wildman–Crippen LogP) is 2.11. The predicted molar refractivity (Wildman–Crippen MR) is 58.3 cm³/mol. The van der Waals surface area contributed by atoms with Crippen molar-refractivity contribution < 1.29 is 9.18 Å². The van der Waals surface area contributed by atoms with Crippen molar-refractivity contribution in [1.82, 2.24) is 0 Å². The molecule has 14 heavy (non-hydrogen) atoms. The molecule has 0 radical (unpaired) electrons. The van der Waals surface area contributed by atoms with E-state index in [0.717, 1.165) is 0 Å². The Morgan fingerprint density at radius 1 is 1.43 bits per heavy atom. The first-order valence-electron chi connectivity index (χ1n) is 4.23. The Morgan fingerprint density at radius 2 is 1.93 bits per heavy atom. The molecule has 2 nitrogen and oxygen atoms in total. The Labute approximate surface area is 88.1 Å². The van der Waals surface area contributed by atoms with E-state index in [2.05, 4.69) is 12.6 Å². The number of hydrogen-bond acceptors (Lipinski definition) is 2. The lowest BCUT2D eigenvalue weighted by Gasteiger charge is -2.18. The van der Waals surface area contributed by atoms with Crippen LogP contribution in [-0.4, -0.2) is 18.2 Å². The monoisotopic (exact) mass is 213 g/mol. The minimum atomic E-state index is -0.356. The molecular weight excluding hydrogens is 201 g/mol. The molecule has 1 atom stereocenters. The van der Waals surface area contributed by atoms with Gasteiger partial charge in [-0.25, -0.2) is 4.39 Å². The second kappa shape index (κ2) is 4.46. The maximum Gasteiger partial charge on any atom is 0.239 e. The average Bonchev–Trinajstić information content (AvgIpc) is 2.16. The lowest BCUT2D eigenvalue weighted by molar-refractivity contribution is -0.117. The fourth-order valence-corrected chi connectivity index (χ4v) is 1.25. The summed E-state index contributed by atoms with van der Waals surface area (Å²) in [6.07, 6.45) is 0. The number of anilines is 1. The van der Waals surface area contributed by atoms with Crippen LogP contribution < -0.4 is 4.90 Å². The van der Waals surface area contributed by atoms with Gasteiger partial charge in [0.1, 0.15) is 5.82 Å². The van der Waals surface area contributed by atoms with Crippen LogP contribution in [0.2, 0.25) is 0 Å². The van der Waals surface area contributed by atoms with Crippen molar-refractivity contribution in [3.05, 3.63) is 30.1 Å². The molecule has 0 spiro atoms. The van der Waals surface area contributed by atoms with E-state index < -0.39 is 0 Å². The van der Waals surface area contributed by atoms with E-state index >= 15 is 0 Å². The molecule has 76 valence electrons. The summed E-state index contributed by atoms with van der Waals surface area (Å²) in [7, 11) is 1.64. The van der Waals surface area contributed by atoms with Gasteiger partial charge in [0.05, 0.1) is 5.25 Å². The zero-order chi connectivity index (χ0) is 10.7. The standard InChI is InChI=1S/C10H12FNOS/c1-7(14)10(13)12(2)9-5-3-8(11)4-6-9/h3-7,14H,1-2H3. The summed E-state index contributed by atoms with van der Waals surface area (Å²) in [4.78, 5) is 12.9. The third-order valence-corrected chi connectivity index (χ3v) is 2.12. The first-order valence-corrected chi connectivity index (χ1v) is 4.75. The highest BCUT2D eigenvalue weighted by molar-refractivity contribution is 7.81. The van der Waals surface area contributed by atoms with Crippen LogP contribution in [0.25, 0.3) is 0 Å². The first kappa shape index (κ1) is 11.0. The van der Waals surface area contributed by atoms with Gasteiger partial charge in [-0.1, -0.05) is 0 Å². The number of benzene rings is 1. The molecule has 0 aliphatic rings. The number of thiol groups is 1. The smallest absolute Gasteiger partial charge is 0.239 e. The van der Waals surface area contributed by atoms with E-state index in [1.165, 1.54) is 17.0 Å². The van der Waals surface area contributed by atoms with Crippen LogP contribution in [0.1, 0.15) is 6.92 Å². The third-order valence-electron chi connectivity index (χ3n) is 1.90. The summed E-state index contributed by atoms with van der Waals surface area (Å²) in [5.74, 6) is -0.423. The molecule has 4 heteroatoms. The van der Waals surface area contributed by atoms with Crippen LogP contribution in [0.3, 0.4) is 0 Å². The van der Waals surface area contributed by atoms with Crippen LogP contribution in [0.4, 0.5) is 10.1 Å². The van der Waals surface area contributed by atoms with Gasteiger partial charge in [-0.15, -0.1) is 0 Å². The van der Waals surface area contributed by atoms with Crippen LogP contribution in [-0.2, 0) is 4.79 Å². The normalized spacial score (nSPS) is 12.3. The van der Waals surface area contributed by atoms with Crippen molar-refractivity contribution in [2.45, 2.75) is 12.2 Å². The number of carbonyl (C=O) groups excluding carboxylic acids is 1. The van der Waals surface area contributed by atoms with E-state index in [0.29, 0.717) is 5.69 Å². The SMILES string of the molecule is CC(S)C(=O)N(C)c1ccc(F)cc1. The summed E-state index contributed by atoms with van der Waals surface area (Å²) in [5.41, 5.74) is 0.664. The van der Waals surface area contributed by atoms with Gasteiger partial charge in [-0.3, -0.25) is 4.79 Å². The molecule has 1 unspecified atom stereocenters. The highest BCUT2D eigenvalue weighted by atomic mass is 32.1. The minimum Gasteiger partial charge on any atom is -0.315 e. The highest BCUT2D eigenvalue weighted by Crippen LogP contribution is 2.14. The molecule has 1 amide bonds. The Bertz CT molecular complexity index is 323. The Balaban J connectivity index is 2.84. The van der Waals surface area contributed by atoms with Crippen molar-refractivity contribution in [2.75, 3.05) is 11.9 Å². The molecule has 0 fully saturated rings. The largest absolute Gasteiger partial charge is 0.315 e. The molecule has 1 rings (SSSR count). The molecular formula is C10H12FNOS. The van der Waals surface area contributed by atoms with Crippen molar-refractivity contribution in [3.63, 3.8) is 0 Å². The summed E-state index contributed by atoms with van der Waals surface area (Å²) in [6.45, 7) is 1.70. The molecule has 1 aromatic carbocycles. The number of rotatable bonds is 2. The fourth-order valence-electron chi connectivity index (χ4n) is 1.07. The van der Waals surface area contributed by atoms with Gasteiger partial charge in [-0.05, 0) is 31.2 Å². The first-order chi connectivity index (χ1) is 6.52. The molecule has 0 N–H and O–H groups in total. The van der Waals surface area contributed by atoms with Crippen molar-refractivity contribution >= 4 is 24.2 Å². The van der Waals surface area contributed by atoms with Gasteiger partial charge in [0, 0.05) is 12.7 Å². The number of amides is 1. The quantitative estimate of drug-likeness (QED) is 0.746. The van der Waals surface area contributed by atoms with E-state index in [1.54, 1.807) is 26.1 Å². The Morgan fingerprint density at radius 3 is 2.36 bits per heavy atom. The zero-order valence-electron chi connectivity index (χ0n) is 8.07. The topological polar surface area (TPSA) is 20.3 Å². The van der Waals surface area contributed by atoms with E-state index in [-0.39, 0.29) is 17.0 Å². The highest BCUT2D eigenvalue weighted by Gasteiger charge is 2.14. The zero-order valence-corrected chi connectivity index (χ0v) is 8.96. The molecule has 0 saturated heterocycles. The summed E-state index contributed by atoms with van der Waals surface area (Å²) in [5, 5.41) is -0.356.